The highest BCUT2D eigenvalue weighted by Gasteiger charge is 2.25. The zero-order valence-corrected chi connectivity index (χ0v) is 12.6. The molecule has 0 fully saturated rings. The number of methoxy groups -OCH3 is 1. The minimum absolute atomic E-state index is 0.427. The smallest absolute Gasteiger partial charge is 0.133 e. The van der Waals surface area contributed by atoms with E-state index in [1.807, 2.05) is 31.7 Å². The molecule has 0 spiro atoms. The van der Waals surface area contributed by atoms with Crippen molar-refractivity contribution in [3.05, 3.63) is 46.5 Å². The number of ether oxygens (including phenoxy) is 1. The molecule has 1 aromatic heterocycles. The lowest BCUT2D eigenvalue weighted by Crippen LogP contribution is -2.10. The van der Waals surface area contributed by atoms with Gasteiger partial charge in [-0.3, -0.25) is 0 Å². The molecule has 1 atom stereocenters. The first-order valence-corrected chi connectivity index (χ1v) is 6.52. The first-order chi connectivity index (χ1) is 9.51. The van der Waals surface area contributed by atoms with Gasteiger partial charge in [0.05, 0.1) is 13.2 Å². The third-order valence-corrected chi connectivity index (χ3v) is 3.77. The second-order valence-electron chi connectivity index (χ2n) is 5.04. The maximum absolute atomic E-state index is 9.62. The molecular weight excluding hydrogens is 250 g/mol. The molecule has 1 aromatic carbocycles. The Morgan fingerprint density at radius 3 is 2.50 bits per heavy atom. The second kappa shape index (κ2) is 5.38. The molecule has 0 aliphatic carbocycles. The Bertz CT molecular complexity index is 680. The molecule has 0 saturated carbocycles. The lowest BCUT2D eigenvalue weighted by Gasteiger charge is -2.20. The van der Waals surface area contributed by atoms with Gasteiger partial charge in [0.15, 0.2) is 0 Å². The van der Waals surface area contributed by atoms with E-state index in [4.69, 9.17) is 4.74 Å². The third-order valence-electron chi connectivity index (χ3n) is 3.77. The van der Waals surface area contributed by atoms with E-state index in [0.717, 1.165) is 28.3 Å². The van der Waals surface area contributed by atoms with Crippen molar-refractivity contribution in [1.29, 1.82) is 5.26 Å². The van der Waals surface area contributed by atoms with Crippen LogP contribution in [0, 0.1) is 32.1 Å². The zero-order valence-electron chi connectivity index (χ0n) is 12.6. The van der Waals surface area contributed by atoms with Gasteiger partial charge in [0, 0.05) is 25.0 Å². The number of nitriles is 1. The molecule has 0 radical (unpaired) electrons. The van der Waals surface area contributed by atoms with Crippen LogP contribution >= 0.6 is 0 Å². The Kier molecular flexibility index (Phi) is 3.80. The summed E-state index contributed by atoms with van der Waals surface area (Å²) >= 11 is 0. The summed E-state index contributed by atoms with van der Waals surface area (Å²) < 4.78 is 7.45. The molecule has 20 heavy (non-hydrogen) atoms. The maximum Gasteiger partial charge on any atom is 0.133 e. The van der Waals surface area contributed by atoms with Crippen molar-refractivity contribution in [2.45, 2.75) is 26.7 Å². The number of nitrogens with zero attached hydrogens (tertiary/aromatic N) is 3. The van der Waals surface area contributed by atoms with Gasteiger partial charge in [-0.15, -0.1) is 0 Å². The summed E-state index contributed by atoms with van der Waals surface area (Å²) in [7, 11) is 3.55. The van der Waals surface area contributed by atoms with E-state index in [9.17, 15) is 5.26 Å². The molecule has 4 heteroatoms. The fourth-order valence-corrected chi connectivity index (χ4v) is 2.60. The molecule has 1 heterocycles. The van der Waals surface area contributed by atoms with Crippen LogP contribution < -0.4 is 4.74 Å². The number of aromatic nitrogens is 2. The molecule has 0 bridgehead atoms. The number of imidazole rings is 1. The topological polar surface area (TPSA) is 50.8 Å². The minimum atomic E-state index is -0.427. The molecule has 2 aromatic rings. The maximum atomic E-state index is 9.62. The van der Waals surface area contributed by atoms with Gasteiger partial charge < -0.3 is 9.30 Å². The van der Waals surface area contributed by atoms with E-state index in [-0.39, 0.29) is 0 Å². The first kappa shape index (κ1) is 14.1. The molecule has 1 unspecified atom stereocenters. The molecule has 0 saturated heterocycles. The van der Waals surface area contributed by atoms with Crippen molar-refractivity contribution in [2.75, 3.05) is 7.11 Å². The Labute approximate surface area is 119 Å². The summed E-state index contributed by atoms with van der Waals surface area (Å²) in [6.07, 6.45) is 3.56. The van der Waals surface area contributed by atoms with Crippen molar-refractivity contribution < 1.29 is 4.74 Å². The van der Waals surface area contributed by atoms with Crippen molar-refractivity contribution in [3.63, 3.8) is 0 Å². The number of aryl methyl sites for hydroxylation is 3. The second-order valence-corrected chi connectivity index (χ2v) is 5.04. The molecule has 0 amide bonds. The summed E-state index contributed by atoms with van der Waals surface area (Å²) in [5.74, 6) is 1.10. The van der Waals surface area contributed by atoms with Crippen molar-refractivity contribution in [3.8, 4) is 11.8 Å². The van der Waals surface area contributed by atoms with E-state index in [0.29, 0.717) is 0 Å². The standard InChI is InChI=1S/C16H19N3O/c1-10-8-11(2)14(15(20-5)12(10)3)13(9-17)16-18-6-7-19(16)4/h6-8,13H,1-5H3. The molecule has 4 nitrogen and oxygen atoms in total. The van der Waals surface area contributed by atoms with Crippen LogP contribution in [0.25, 0.3) is 0 Å². The summed E-state index contributed by atoms with van der Waals surface area (Å²) in [6.45, 7) is 6.08. The van der Waals surface area contributed by atoms with Gasteiger partial charge in [-0.05, 0) is 37.5 Å². The molecule has 104 valence electrons. The quantitative estimate of drug-likeness (QED) is 0.860. The van der Waals surface area contributed by atoms with Crippen LogP contribution in [-0.4, -0.2) is 16.7 Å². The number of rotatable bonds is 3. The van der Waals surface area contributed by atoms with Crippen molar-refractivity contribution in [1.82, 2.24) is 9.55 Å². The first-order valence-electron chi connectivity index (χ1n) is 6.52. The monoisotopic (exact) mass is 269 g/mol. The van der Waals surface area contributed by atoms with Crippen LogP contribution in [0.15, 0.2) is 18.5 Å². The number of hydrogen-bond donors (Lipinski definition) is 0. The van der Waals surface area contributed by atoms with Gasteiger partial charge in [0.25, 0.3) is 0 Å². The molecule has 0 aliphatic heterocycles. The van der Waals surface area contributed by atoms with Crippen LogP contribution in [0.3, 0.4) is 0 Å². The van der Waals surface area contributed by atoms with Crippen LogP contribution in [0.5, 0.6) is 5.75 Å². The van der Waals surface area contributed by atoms with Crippen molar-refractivity contribution in [2.24, 2.45) is 7.05 Å². The van der Waals surface area contributed by atoms with Crippen LogP contribution in [0.2, 0.25) is 0 Å². The average Bonchev–Trinajstić information content (AvgIpc) is 2.83. The van der Waals surface area contributed by atoms with Gasteiger partial charge in [-0.1, -0.05) is 6.07 Å². The Balaban J connectivity index is 2.71. The van der Waals surface area contributed by atoms with Crippen LogP contribution in [-0.2, 0) is 7.05 Å². The van der Waals surface area contributed by atoms with E-state index in [2.05, 4.69) is 24.0 Å². The van der Waals surface area contributed by atoms with E-state index in [1.54, 1.807) is 13.3 Å². The third kappa shape index (κ3) is 2.16. The lowest BCUT2D eigenvalue weighted by molar-refractivity contribution is 0.405. The summed E-state index contributed by atoms with van der Waals surface area (Å²) in [4.78, 5) is 4.32. The van der Waals surface area contributed by atoms with Gasteiger partial charge >= 0.3 is 0 Å². The highest BCUT2D eigenvalue weighted by molar-refractivity contribution is 5.54. The highest BCUT2D eigenvalue weighted by atomic mass is 16.5. The molecule has 0 N–H and O–H groups in total. The fraction of sp³-hybridized carbons (Fsp3) is 0.375. The largest absolute Gasteiger partial charge is 0.496 e. The van der Waals surface area contributed by atoms with E-state index in [1.165, 1.54) is 5.56 Å². The van der Waals surface area contributed by atoms with E-state index >= 15 is 0 Å². The lowest BCUT2D eigenvalue weighted by atomic mass is 9.90. The van der Waals surface area contributed by atoms with Crippen LogP contribution in [0.4, 0.5) is 0 Å². The van der Waals surface area contributed by atoms with Gasteiger partial charge in [0.1, 0.15) is 17.5 Å². The number of hydrogen-bond acceptors (Lipinski definition) is 3. The molecule has 0 aliphatic rings. The Hall–Kier alpha value is -2.28. The van der Waals surface area contributed by atoms with Gasteiger partial charge in [0.2, 0.25) is 0 Å². The number of benzene rings is 1. The Morgan fingerprint density at radius 2 is 2.00 bits per heavy atom. The Morgan fingerprint density at radius 1 is 1.30 bits per heavy atom. The summed E-state index contributed by atoms with van der Waals surface area (Å²) in [5.41, 5.74) is 4.20. The average molecular weight is 269 g/mol. The molecular formula is C16H19N3O. The zero-order chi connectivity index (χ0) is 14.9. The van der Waals surface area contributed by atoms with Gasteiger partial charge in [-0.25, -0.2) is 4.98 Å². The normalized spacial score (nSPS) is 12.0. The summed E-state index contributed by atoms with van der Waals surface area (Å²) in [5, 5.41) is 9.62. The van der Waals surface area contributed by atoms with Crippen LogP contribution in [0.1, 0.15) is 34.0 Å². The predicted octanol–water partition coefficient (Wildman–Crippen LogP) is 3.01. The SMILES string of the molecule is COc1c(C)c(C)cc(C)c1C(C#N)c1nccn1C. The van der Waals surface area contributed by atoms with Gasteiger partial charge in [-0.2, -0.15) is 5.26 Å². The van der Waals surface area contributed by atoms with E-state index < -0.39 is 5.92 Å². The molecule has 2 rings (SSSR count). The summed E-state index contributed by atoms with van der Waals surface area (Å²) in [6, 6.07) is 4.46. The fourth-order valence-electron chi connectivity index (χ4n) is 2.60. The predicted molar refractivity (Wildman–Crippen MR) is 77.9 cm³/mol. The minimum Gasteiger partial charge on any atom is -0.496 e. The highest BCUT2D eigenvalue weighted by Crippen LogP contribution is 2.37. The van der Waals surface area contributed by atoms with Crippen molar-refractivity contribution >= 4 is 0 Å².